The van der Waals surface area contributed by atoms with Gasteiger partial charge in [0.25, 0.3) is 0 Å². The average Bonchev–Trinajstić information content (AvgIpc) is 3.23. The van der Waals surface area contributed by atoms with Gasteiger partial charge in [-0.1, -0.05) is 18.0 Å². The quantitative estimate of drug-likeness (QED) is 0.885. The van der Waals surface area contributed by atoms with E-state index in [2.05, 4.69) is 22.3 Å². The third kappa shape index (κ3) is 3.47. The summed E-state index contributed by atoms with van der Waals surface area (Å²) in [6.45, 7) is 11.4. The fourth-order valence-corrected chi connectivity index (χ4v) is 4.73. The van der Waals surface area contributed by atoms with Crippen molar-refractivity contribution < 1.29 is 14.1 Å². The van der Waals surface area contributed by atoms with Gasteiger partial charge in [-0.05, 0) is 40.5 Å². The Hall–Kier alpha value is -1.40. The molecule has 2 fully saturated rings. The summed E-state index contributed by atoms with van der Waals surface area (Å²) in [4.78, 5) is 15.5. The lowest BCUT2D eigenvalue weighted by atomic mass is 9.86. The monoisotopic (exact) mass is 349 g/mol. The van der Waals surface area contributed by atoms with E-state index in [4.69, 9.17) is 9.26 Å². The first-order valence-electron chi connectivity index (χ1n) is 9.51. The van der Waals surface area contributed by atoms with E-state index < -0.39 is 0 Å². The van der Waals surface area contributed by atoms with Gasteiger partial charge in [-0.3, -0.25) is 9.69 Å². The van der Waals surface area contributed by atoms with Crippen LogP contribution < -0.4 is 5.32 Å². The highest BCUT2D eigenvalue weighted by atomic mass is 16.5. The van der Waals surface area contributed by atoms with Gasteiger partial charge in [-0.25, -0.2) is 0 Å². The van der Waals surface area contributed by atoms with E-state index in [1.165, 1.54) is 12.8 Å². The Morgan fingerprint density at radius 1 is 1.20 bits per heavy atom. The van der Waals surface area contributed by atoms with Crippen LogP contribution in [-0.4, -0.2) is 53.8 Å². The zero-order valence-electron chi connectivity index (χ0n) is 15.9. The fraction of sp³-hybridized carbons (Fsp3) is 0.789. The molecule has 2 aliphatic rings. The van der Waals surface area contributed by atoms with Gasteiger partial charge in [-0.15, -0.1) is 0 Å². The lowest BCUT2D eigenvalue weighted by Crippen LogP contribution is -2.62. The molecular weight excluding hydrogens is 318 g/mol. The lowest BCUT2D eigenvalue weighted by molar-refractivity contribution is -0.124. The Balaban J connectivity index is 1.72. The number of carbonyl (C=O) groups excluding carboxylic acids is 1. The van der Waals surface area contributed by atoms with Crippen LogP contribution in [0.15, 0.2) is 4.52 Å². The van der Waals surface area contributed by atoms with Crippen LogP contribution in [0.5, 0.6) is 0 Å². The second-order valence-electron chi connectivity index (χ2n) is 7.60. The van der Waals surface area contributed by atoms with Crippen molar-refractivity contribution in [2.45, 2.75) is 70.9 Å². The van der Waals surface area contributed by atoms with Crippen LogP contribution in [0.4, 0.5) is 0 Å². The van der Waals surface area contributed by atoms with Crippen LogP contribution in [0.25, 0.3) is 0 Å². The Morgan fingerprint density at radius 3 is 2.40 bits per heavy atom. The molecule has 1 aromatic heterocycles. The molecule has 0 spiro atoms. The van der Waals surface area contributed by atoms with E-state index in [0.29, 0.717) is 0 Å². The Bertz CT molecular complexity index is 582. The van der Waals surface area contributed by atoms with Crippen LogP contribution in [-0.2, 0) is 9.53 Å². The zero-order chi connectivity index (χ0) is 18.0. The maximum Gasteiger partial charge on any atom is 0.227 e. The number of amides is 1. The number of hydrogen-bond donors (Lipinski definition) is 1. The van der Waals surface area contributed by atoms with E-state index >= 15 is 0 Å². The van der Waals surface area contributed by atoms with Gasteiger partial charge in [0.1, 0.15) is 5.76 Å². The van der Waals surface area contributed by atoms with Crippen molar-refractivity contribution in [3.63, 3.8) is 0 Å². The van der Waals surface area contributed by atoms with Gasteiger partial charge in [-0.2, -0.15) is 0 Å². The summed E-state index contributed by atoms with van der Waals surface area (Å²) < 4.78 is 10.8. The van der Waals surface area contributed by atoms with E-state index in [1.807, 2.05) is 20.8 Å². The number of nitrogens with zero attached hydrogens (tertiary/aromatic N) is 2. The summed E-state index contributed by atoms with van der Waals surface area (Å²) in [6, 6.07) is 0.114. The van der Waals surface area contributed by atoms with Gasteiger partial charge in [0, 0.05) is 30.2 Å². The minimum Gasteiger partial charge on any atom is -0.379 e. The first-order valence-corrected chi connectivity index (χ1v) is 9.51. The number of nitrogens with one attached hydrogen (secondary N) is 1. The van der Waals surface area contributed by atoms with Gasteiger partial charge in [0.05, 0.1) is 24.8 Å². The zero-order valence-corrected chi connectivity index (χ0v) is 15.9. The van der Waals surface area contributed by atoms with E-state index in [9.17, 15) is 4.79 Å². The Morgan fingerprint density at radius 2 is 1.84 bits per heavy atom. The Kier molecular flexibility index (Phi) is 5.49. The molecule has 1 saturated carbocycles. The van der Waals surface area contributed by atoms with Crippen LogP contribution >= 0.6 is 0 Å². The second kappa shape index (κ2) is 7.46. The minimum atomic E-state index is -0.253. The topological polar surface area (TPSA) is 67.6 Å². The molecule has 0 radical (unpaired) electrons. The van der Waals surface area contributed by atoms with Gasteiger partial charge in [0.15, 0.2) is 0 Å². The van der Waals surface area contributed by atoms with Crippen molar-refractivity contribution in [3.05, 3.63) is 17.0 Å². The molecule has 1 aliphatic heterocycles. The fourth-order valence-electron chi connectivity index (χ4n) is 4.73. The standard InChI is InChI=1S/C19H31N3O3/c1-13(17-14(2)21-25-15(17)3)18(23)20-16(4)19(7-5-6-8-19)22-9-11-24-12-10-22/h13,16H,5-12H2,1-4H3,(H,20,23)/t13-,16+/m0/s1. The number of hydrogen-bond acceptors (Lipinski definition) is 5. The minimum absolute atomic E-state index is 0.0569. The predicted octanol–water partition coefficient (Wildman–Crippen LogP) is 2.54. The number of rotatable bonds is 5. The number of ether oxygens (including phenoxy) is 1. The first kappa shape index (κ1) is 18.4. The molecular formula is C19H31N3O3. The van der Waals surface area contributed by atoms with E-state index in [-0.39, 0.29) is 23.4 Å². The summed E-state index contributed by atoms with van der Waals surface area (Å²) in [7, 11) is 0. The number of aryl methyl sites for hydroxylation is 2. The summed E-state index contributed by atoms with van der Waals surface area (Å²) in [6.07, 6.45) is 4.76. The molecule has 1 amide bonds. The highest BCUT2D eigenvalue weighted by Gasteiger charge is 2.45. The maximum atomic E-state index is 12.9. The molecule has 140 valence electrons. The second-order valence-corrected chi connectivity index (χ2v) is 7.60. The first-order chi connectivity index (χ1) is 12.0. The van der Waals surface area contributed by atoms with Crippen molar-refractivity contribution in [1.82, 2.24) is 15.4 Å². The van der Waals surface area contributed by atoms with E-state index in [0.717, 1.165) is 56.2 Å². The Labute approximate surface area is 150 Å². The molecule has 25 heavy (non-hydrogen) atoms. The summed E-state index contributed by atoms with van der Waals surface area (Å²) >= 11 is 0. The highest BCUT2D eigenvalue weighted by Crippen LogP contribution is 2.39. The van der Waals surface area contributed by atoms with Crippen LogP contribution in [0.1, 0.15) is 62.5 Å². The number of morpholine rings is 1. The molecule has 3 rings (SSSR count). The van der Waals surface area contributed by atoms with Gasteiger partial charge >= 0.3 is 0 Å². The predicted molar refractivity (Wildman–Crippen MR) is 95.6 cm³/mol. The molecule has 1 N–H and O–H groups in total. The SMILES string of the molecule is Cc1noc(C)c1[C@H](C)C(=O)N[C@H](C)C1(N2CCOCC2)CCCC1. The third-order valence-electron chi connectivity index (χ3n) is 6.19. The third-order valence-corrected chi connectivity index (χ3v) is 6.19. The molecule has 0 bridgehead atoms. The molecule has 2 heterocycles. The van der Waals surface area contributed by atoms with Gasteiger partial charge in [0.2, 0.25) is 5.91 Å². The van der Waals surface area contributed by atoms with Gasteiger partial charge < -0.3 is 14.6 Å². The van der Waals surface area contributed by atoms with Crippen molar-refractivity contribution in [1.29, 1.82) is 0 Å². The van der Waals surface area contributed by atoms with Crippen molar-refractivity contribution in [2.24, 2.45) is 0 Å². The van der Waals surface area contributed by atoms with Crippen molar-refractivity contribution >= 4 is 5.91 Å². The normalized spacial score (nSPS) is 23.4. The molecule has 1 aliphatic carbocycles. The van der Waals surface area contributed by atoms with Crippen LogP contribution in [0, 0.1) is 13.8 Å². The highest BCUT2D eigenvalue weighted by molar-refractivity contribution is 5.84. The average molecular weight is 349 g/mol. The molecule has 1 aromatic rings. The maximum absolute atomic E-state index is 12.9. The molecule has 0 aromatic carbocycles. The van der Waals surface area contributed by atoms with Crippen molar-refractivity contribution in [2.75, 3.05) is 26.3 Å². The largest absolute Gasteiger partial charge is 0.379 e. The molecule has 1 saturated heterocycles. The summed E-state index contributed by atoms with van der Waals surface area (Å²) in [5.74, 6) is 0.537. The number of carbonyl (C=O) groups is 1. The molecule has 6 nitrogen and oxygen atoms in total. The van der Waals surface area contributed by atoms with Crippen LogP contribution in [0.2, 0.25) is 0 Å². The lowest BCUT2D eigenvalue weighted by Gasteiger charge is -2.47. The van der Waals surface area contributed by atoms with E-state index in [1.54, 1.807) is 0 Å². The smallest absolute Gasteiger partial charge is 0.227 e. The number of aromatic nitrogens is 1. The molecule has 2 atom stereocenters. The molecule has 0 unspecified atom stereocenters. The molecule has 6 heteroatoms. The summed E-state index contributed by atoms with van der Waals surface area (Å²) in [5, 5.41) is 7.30. The van der Waals surface area contributed by atoms with Crippen LogP contribution in [0.3, 0.4) is 0 Å². The summed E-state index contributed by atoms with van der Waals surface area (Å²) in [5.41, 5.74) is 1.78. The van der Waals surface area contributed by atoms with Crippen molar-refractivity contribution in [3.8, 4) is 0 Å².